The molecule has 0 saturated heterocycles. The zero-order valence-electron chi connectivity index (χ0n) is 15.7. The van der Waals surface area contributed by atoms with Crippen molar-refractivity contribution in [3.63, 3.8) is 0 Å². The average molecular weight is 393 g/mol. The monoisotopic (exact) mass is 393 g/mol. The van der Waals surface area contributed by atoms with Crippen LogP contribution in [0.25, 0.3) is 28.2 Å². The Hall–Kier alpha value is -3.26. The maximum Gasteiger partial charge on any atom is 0.250 e. The number of imidazole rings is 1. The minimum Gasteiger partial charge on any atom is -0.382 e. The molecule has 2 heterocycles. The minimum atomic E-state index is -3.63. The fourth-order valence-electron chi connectivity index (χ4n) is 3.07. The summed E-state index contributed by atoms with van der Waals surface area (Å²) in [6, 6.07) is 15.7. The second kappa shape index (κ2) is 6.42. The standard InChI is InChI=1S/C20H19N5O2S/c1-12-8-10-14(11-9-12)25-18(15-7-5-4-6-13(15)2)22-16-17(21)23-20(24-19(16)25)28(3,26)27/h4-11H,1-3H3,(H2,21,23,24). The molecular formula is C20H19N5O2S. The van der Waals surface area contributed by atoms with Crippen LogP contribution in [0, 0.1) is 13.8 Å². The zero-order chi connectivity index (χ0) is 20.1. The number of benzene rings is 2. The fourth-order valence-corrected chi connectivity index (χ4v) is 3.58. The summed E-state index contributed by atoms with van der Waals surface area (Å²) >= 11 is 0. The van der Waals surface area contributed by atoms with E-state index in [-0.39, 0.29) is 11.0 Å². The van der Waals surface area contributed by atoms with Gasteiger partial charge in [0, 0.05) is 17.5 Å². The Balaban J connectivity index is 2.15. The van der Waals surface area contributed by atoms with E-state index in [1.165, 1.54) is 0 Å². The Morgan fingerprint density at radius 2 is 1.61 bits per heavy atom. The third-order valence-electron chi connectivity index (χ3n) is 4.52. The molecule has 0 saturated carbocycles. The van der Waals surface area contributed by atoms with E-state index in [4.69, 9.17) is 5.73 Å². The van der Waals surface area contributed by atoms with Gasteiger partial charge in [-0.05, 0) is 31.5 Å². The van der Waals surface area contributed by atoms with Gasteiger partial charge in [-0.15, -0.1) is 0 Å². The van der Waals surface area contributed by atoms with Crippen molar-refractivity contribution >= 4 is 26.8 Å². The quantitative estimate of drug-likeness (QED) is 0.537. The maximum atomic E-state index is 12.0. The van der Waals surface area contributed by atoms with Gasteiger partial charge in [0.25, 0.3) is 5.16 Å². The largest absolute Gasteiger partial charge is 0.382 e. The number of nitrogens with two attached hydrogens (primary N) is 1. The third kappa shape index (κ3) is 3.01. The van der Waals surface area contributed by atoms with E-state index >= 15 is 0 Å². The van der Waals surface area contributed by atoms with Gasteiger partial charge in [0.1, 0.15) is 5.82 Å². The number of hydrogen-bond donors (Lipinski definition) is 1. The van der Waals surface area contributed by atoms with Gasteiger partial charge >= 0.3 is 0 Å². The van der Waals surface area contributed by atoms with Crippen LogP contribution in [0.4, 0.5) is 5.82 Å². The lowest BCUT2D eigenvalue weighted by Gasteiger charge is -2.11. The number of nitrogens with zero attached hydrogens (tertiary/aromatic N) is 4. The van der Waals surface area contributed by atoms with Crippen molar-refractivity contribution in [1.82, 2.24) is 19.5 Å². The molecule has 0 radical (unpaired) electrons. The third-order valence-corrected chi connectivity index (χ3v) is 5.37. The Kier molecular flexibility index (Phi) is 4.15. The number of hydrogen-bond acceptors (Lipinski definition) is 6. The molecule has 4 aromatic rings. The Morgan fingerprint density at radius 1 is 0.929 bits per heavy atom. The number of nitrogen functional groups attached to an aromatic ring is 1. The molecule has 0 atom stereocenters. The lowest BCUT2D eigenvalue weighted by Crippen LogP contribution is -2.08. The van der Waals surface area contributed by atoms with E-state index in [9.17, 15) is 8.42 Å². The molecular weight excluding hydrogens is 374 g/mol. The lowest BCUT2D eigenvalue weighted by atomic mass is 10.1. The first-order chi connectivity index (χ1) is 13.3. The van der Waals surface area contributed by atoms with Crippen molar-refractivity contribution in [1.29, 1.82) is 0 Å². The van der Waals surface area contributed by atoms with Gasteiger partial charge in [0.05, 0.1) is 0 Å². The fraction of sp³-hybridized carbons (Fsp3) is 0.150. The first-order valence-corrected chi connectivity index (χ1v) is 10.5. The second-order valence-corrected chi connectivity index (χ2v) is 8.67. The van der Waals surface area contributed by atoms with Crippen molar-refractivity contribution < 1.29 is 8.42 Å². The number of aromatic nitrogens is 4. The van der Waals surface area contributed by atoms with Gasteiger partial charge in [-0.25, -0.2) is 13.4 Å². The molecule has 0 unspecified atom stereocenters. The molecule has 2 aromatic heterocycles. The predicted molar refractivity (Wildman–Crippen MR) is 109 cm³/mol. The zero-order valence-corrected chi connectivity index (χ0v) is 16.5. The molecule has 0 bridgehead atoms. The van der Waals surface area contributed by atoms with Crippen LogP contribution in [0.15, 0.2) is 53.7 Å². The second-order valence-electron chi connectivity index (χ2n) is 6.76. The molecule has 28 heavy (non-hydrogen) atoms. The van der Waals surface area contributed by atoms with Gasteiger partial charge in [-0.3, -0.25) is 4.57 Å². The van der Waals surface area contributed by atoms with Gasteiger partial charge in [-0.1, -0.05) is 42.0 Å². The normalized spacial score (nSPS) is 11.8. The molecule has 142 valence electrons. The average Bonchev–Trinajstić information content (AvgIpc) is 3.02. The van der Waals surface area contributed by atoms with Gasteiger partial charge < -0.3 is 5.73 Å². The smallest absolute Gasteiger partial charge is 0.250 e. The summed E-state index contributed by atoms with van der Waals surface area (Å²) in [5.41, 5.74) is 10.6. The van der Waals surface area contributed by atoms with E-state index < -0.39 is 9.84 Å². The number of sulfone groups is 1. The van der Waals surface area contributed by atoms with Crippen LogP contribution in [0.3, 0.4) is 0 Å². The van der Waals surface area contributed by atoms with Crippen molar-refractivity contribution in [3.8, 4) is 17.1 Å². The number of fused-ring (bicyclic) bond motifs is 1. The Labute approximate surface area is 162 Å². The van der Waals surface area contributed by atoms with Crippen LogP contribution in [0.5, 0.6) is 0 Å². The molecule has 7 nitrogen and oxygen atoms in total. The first kappa shape index (κ1) is 18.1. The summed E-state index contributed by atoms with van der Waals surface area (Å²) in [6.45, 7) is 3.99. The number of rotatable bonds is 3. The van der Waals surface area contributed by atoms with Crippen LogP contribution in [-0.2, 0) is 9.84 Å². The Morgan fingerprint density at radius 3 is 2.25 bits per heavy atom. The topological polar surface area (TPSA) is 104 Å². The molecule has 0 spiro atoms. The first-order valence-electron chi connectivity index (χ1n) is 8.65. The highest BCUT2D eigenvalue weighted by atomic mass is 32.2. The van der Waals surface area contributed by atoms with Crippen molar-refractivity contribution in [2.75, 3.05) is 12.0 Å². The predicted octanol–water partition coefficient (Wildman–Crippen LogP) is 3.09. The summed E-state index contributed by atoms with van der Waals surface area (Å²) in [7, 11) is -3.63. The summed E-state index contributed by atoms with van der Waals surface area (Å²) in [5, 5.41) is -0.318. The molecule has 0 fully saturated rings. The van der Waals surface area contributed by atoms with Crippen LogP contribution in [0.1, 0.15) is 11.1 Å². The summed E-state index contributed by atoms with van der Waals surface area (Å²) in [5.74, 6) is 0.662. The molecule has 0 aliphatic carbocycles. The van der Waals surface area contributed by atoms with E-state index in [2.05, 4.69) is 15.0 Å². The molecule has 4 rings (SSSR count). The molecule has 0 aliphatic rings. The molecule has 2 aromatic carbocycles. The highest BCUT2D eigenvalue weighted by Crippen LogP contribution is 2.31. The highest BCUT2D eigenvalue weighted by molar-refractivity contribution is 7.90. The minimum absolute atomic E-state index is 0.0334. The van der Waals surface area contributed by atoms with E-state index in [1.807, 2.05) is 66.9 Å². The molecule has 0 aliphatic heterocycles. The van der Waals surface area contributed by atoms with Crippen LogP contribution >= 0.6 is 0 Å². The van der Waals surface area contributed by atoms with Gasteiger partial charge in [0.15, 0.2) is 17.0 Å². The van der Waals surface area contributed by atoms with Crippen molar-refractivity contribution in [2.45, 2.75) is 19.0 Å². The maximum absolute atomic E-state index is 12.0. The van der Waals surface area contributed by atoms with Gasteiger partial charge in [0.2, 0.25) is 9.84 Å². The van der Waals surface area contributed by atoms with E-state index in [0.717, 1.165) is 28.6 Å². The summed E-state index contributed by atoms with van der Waals surface area (Å²) in [4.78, 5) is 12.9. The number of anilines is 1. The van der Waals surface area contributed by atoms with Crippen LogP contribution < -0.4 is 5.73 Å². The molecule has 8 heteroatoms. The molecule has 0 amide bonds. The van der Waals surface area contributed by atoms with E-state index in [0.29, 0.717) is 17.0 Å². The number of aryl methyl sites for hydroxylation is 2. The SMILES string of the molecule is Cc1ccc(-n2c(-c3ccccc3C)nc3c(N)nc(S(C)(=O)=O)nc32)cc1. The van der Waals surface area contributed by atoms with E-state index in [1.54, 1.807) is 0 Å². The lowest BCUT2D eigenvalue weighted by molar-refractivity contribution is 0.593. The molecule has 2 N–H and O–H groups in total. The van der Waals surface area contributed by atoms with Crippen molar-refractivity contribution in [3.05, 3.63) is 59.7 Å². The van der Waals surface area contributed by atoms with Gasteiger partial charge in [-0.2, -0.15) is 9.97 Å². The van der Waals surface area contributed by atoms with Crippen LogP contribution in [-0.4, -0.2) is 34.2 Å². The summed E-state index contributed by atoms with van der Waals surface area (Å²) < 4.78 is 25.9. The summed E-state index contributed by atoms with van der Waals surface area (Å²) in [6.07, 6.45) is 1.06. The van der Waals surface area contributed by atoms with Crippen LogP contribution in [0.2, 0.25) is 0 Å². The Bertz CT molecular complexity index is 1310. The highest BCUT2D eigenvalue weighted by Gasteiger charge is 2.22. The van der Waals surface area contributed by atoms with Crippen molar-refractivity contribution in [2.24, 2.45) is 0 Å².